The average Bonchev–Trinajstić information content (AvgIpc) is 2.99. The van der Waals surface area contributed by atoms with E-state index in [0.29, 0.717) is 21.5 Å². The third-order valence-electron chi connectivity index (χ3n) is 3.22. The predicted molar refractivity (Wildman–Crippen MR) is 94.8 cm³/mol. The lowest BCUT2D eigenvalue weighted by atomic mass is 10.2. The molecule has 0 aliphatic carbocycles. The third-order valence-corrected chi connectivity index (χ3v) is 4.26. The zero-order valence-electron chi connectivity index (χ0n) is 12.9. The Morgan fingerprint density at radius 1 is 1.44 bits per heavy atom. The molecule has 0 amide bonds. The van der Waals surface area contributed by atoms with E-state index in [2.05, 4.69) is 15.3 Å². The van der Waals surface area contributed by atoms with Crippen molar-refractivity contribution < 1.29 is 14.5 Å². The molecule has 0 aliphatic rings. The van der Waals surface area contributed by atoms with E-state index in [-0.39, 0.29) is 23.4 Å². The molecule has 2 aromatic heterocycles. The number of rotatable bonds is 5. The quantitative estimate of drug-likeness (QED) is 0.307. The van der Waals surface area contributed by atoms with Crippen molar-refractivity contribution in [2.75, 3.05) is 11.9 Å². The van der Waals surface area contributed by atoms with Crippen molar-refractivity contribution in [2.45, 2.75) is 6.92 Å². The molecule has 128 valence electrons. The SMILES string of the molecule is CCOC(=O)c1csc2nc(Cl)nc(Nc3cccc([N+](=O)[O-])c3)c12. The van der Waals surface area contributed by atoms with Crippen molar-refractivity contribution >= 4 is 56.3 Å². The van der Waals surface area contributed by atoms with Crippen LogP contribution in [-0.2, 0) is 4.74 Å². The molecule has 0 bridgehead atoms. The third kappa shape index (κ3) is 3.52. The van der Waals surface area contributed by atoms with E-state index in [0.717, 1.165) is 0 Å². The molecule has 3 aromatic rings. The molecule has 0 aliphatic heterocycles. The normalized spacial score (nSPS) is 10.6. The van der Waals surface area contributed by atoms with Crippen LogP contribution in [0.15, 0.2) is 29.6 Å². The molecule has 10 heteroatoms. The molecule has 0 saturated heterocycles. The van der Waals surface area contributed by atoms with Gasteiger partial charge in [-0.15, -0.1) is 11.3 Å². The first-order valence-corrected chi connectivity index (χ1v) is 8.38. The van der Waals surface area contributed by atoms with Crippen LogP contribution < -0.4 is 5.32 Å². The molecule has 3 rings (SSSR count). The van der Waals surface area contributed by atoms with Crippen LogP contribution in [0.2, 0.25) is 5.28 Å². The van der Waals surface area contributed by atoms with Gasteiger partial charge in [-0.3, -0.25) is 10.1 Å². The number of fused-ring (bicyclic) bond motifs is 1. The Morgan fingerprint density at radius 2 is 2.24 bits per heavy atom. The maximum Gasteiger partial charge on any atom is 0.339 e. The van der Waals surface area contributed by atoms with Crippen LogP contribution in [-0.4, -0.2) is 27.5 Å². The van der Waals surface area contributed by atoms with Gasteiger partial charge in [-0.05, 0) is 24.6 Å². The number of aromatic nitrogens is 2. The fourth-order valence-electron chi connectivity index (χ4n) is 2.20. The molecule has 0 unspecified atom stereocenters. The summed E-state index contributed by atoms with van der Waals surface area (Å²) < 4.78 is 5.04. The molecule has 8 nitrogen and oxygen atoms in total. The molecular formula is C15H11ClN4O4S. The van der Waals surface area contributed by atoms with E-state index < -0.39 is 10.9 Å². The number of non-ortho nitro benzene ring substituents is 1. The summed E-state index contributed by atoms with van der Waals surface area (Å²) in [7, 11) is 0. The standard InChI is InChI=1S/C15H11ClN4O4S/c1-2-24-14(21)10-7-25-13-11(10)12(18-15(16)19-13)17-8-4-3-5-9(6-8)20(22)23/h3-7H,2H2,1H3,(H,17,18,19). The predicted octanol–water partition coefficient (Wildman–Crippen LogP) is 4.17. The van der Waals surface area contributed by atoms with Crippen LogP contribution >= 0.6 is 22.9 Å². The van der Waals surface area contributed by atoms with Crippen LogP contribution in [0.25, 0.3) is 10.2 Å². The van der Waals surface area contributed by atoms with Gasteiger partial charge < -0.3 is 10.1 Å². The number of hydrogen-bond acceptors (Lipinski definition) is 8. The van der Waals surface area contributed by atoms with Crippen LogP contribution in [0.1, 0.15) is 17.3 Å². The fourth-order valence-corrected chi connectivity index (χ4v) is 3.33. The van der Waals surface area contributed by atoms with Gasteiger partial charge in [-0.2, -0.15) is 4.98 Å². The molecule has 0 radical (unpaired) electrons. The van der Waals surface area contributed by atoms with Gasteiger partial charge in [-0.1, -0.05) is 6.07 Å². The number of nitrogens with zero attached hydrogens (tertiary/aromatic N) is 3. The van der Waals surface area contributed by atoms with E-state index in [9.17, 15) is 14.9 Å². The second-order valence-electron chi connectivity index (χ2n) is 4.82. The largest absolute Gasteiger partial charge is 0.462 e. The number of nitrogens with one attached hydrogen (secondary N) is 1. The molecule has 0 atom stereocenters. The van der Waals surface area contributed by atoms with Gasteiger partial charge >= 0.3 is 5.97 Å². The number of nitro groups is 1. The van der Waals surface area contributed by atoms with Crippen LogP contribution in [0, 0.1) is 10.1 Å². The van der Waals surface area contributed by atoms with E-state index >= 15 is 0 Å². The highest BCUT2D eigenvalue weighted by molar-refractivity contribution is 7.17. The summed E-state index contributed by atoms with van der Waals surface area (Å²) in [6, 6.07) is 5.92. The average molecular weight is 379 g/mol. The zero-order chi connectivity index (χ0) is 18.0. The highest BCUT2D eigenvalue weighted by Gasteiger charge is 2.20. The Balaban J connectivity index is 2.08. The van der Waals surface area contributed by atoms with E-state index in [1.54, 1.807) is 24.4 Å². The van der Waals surface area contributed by atoms with E-state index in [4.69, 9.17) is 16.3 Å². The molecular weight excluding hydrogens is 368 g/mol. The number of halogens is 1. The number of thiophene rings is 1. The summed E-state index contributed by atoms with van der Waals surface area (Å²) in [5.41, 5.74) is 0.676. The molecule has 25 heavy (non-hydrogen) atoms. The van der Waals surface area contributed by atoms with Crippen molar-refractivity contribution in [3.05, 3.63) is 50.6 Å². The number of hydrogen-bond donors (Lipinski definition) is 1. The number of carbonyl (C=O) groups excluding carboxylic acids is 1. The highest BCUT2D eigenvalue weighted by Crippen LogP contribution is 2.33. The summed E-state index contributed by atoms with van der Waals surface area (Å²) in [6.07, 6.45) is 0. The van der Waals surface area contributed by atoms with Crippen molar-refractivity contribution in [2.24, 2.45) is 0 Å². The molecule has 0 spiro atoms. The van der Waals surface area contributed by atoms with Crippen molar-refractivity contribution in [1.29, 1.82) is 0 Å². The minimum absolute atomic E-state index is 0.00214. The molecule has 2 heterocycles. The second kappa shape index (κ2) is 6.99. The zero-order valence-corrected chi connectivity index (χ0v) is 14.4. The Bertz CT molecular complexity index is 975. The van der Waals surface area contributed by atoms with Gasteiger partial charge in [-0.25, -0.2) is 9.78 Å². The molecule has 0 saturated carbocycles. The topological polar surface area (TPSA) is 107 Å². The summed E-state index contributed by atoms with van der Waals surface area (Å²) in [5, 5.41) is 16.0. The smallest absolute Gasteiger partial charge is 0.339 e. The van der Waals surface area contributed by atoms with Gasteiger partial charge in [0.15, 0.2) is 0 Å². The van der Waals surface area contributed by atoms with E-state index in [1.807, 2.05) is 0 Å². The minimum atomic E-state index is -0.498. The fraction of sp³-hybridized carbons (Fsp3) is 0.133. The lowest BCUT2D eigenvalue weighted by Crippen LogP contribution is -2.05. The molecule has 0 fully saturated rings. The summed E-state index contributed by atoms with van der Waals surface area (Å²) in [5.74, 6) is -0.221. The van der Waals surface area contributed by atoms with Crippen molar-refractivity contribution in [3.8, 4) is 0 Å². The van der Waals surface area contributed by atoms with Crippen LogP contribution in [0.5, 0.6) is 0 Å². The Hall–Kier alpha value is -2.78. The van der Waals surface area contributed by atoms with Crippen molar-refractivity contribution in [1.82, 2.24) is 9.97 Å². The number of benzene rings is 1. The highest BCUT2D eigenvalue weighted by atomic mass is 35.5. The Labute approximate surface area is 150 Å². The summed E-state index contributed by atoms with van der Waals surface area (Å²) >= 11 is 7.17. The lowest BCUT2D eigenvalue weighted by Gasteiger charge is -2.08. The summed E-state index contributed by atoms with van der Waals surface area (Å²) in [6.45, 7) is 1.94. The maximum absolute atomic E-state index is 12.1. The second-order valence-corrected chi connectivity index (χ2v) is 6.02. The first kappa shape index (κ1) is 17.1. The monoisotopic (exact) mass is 378 g/mol. The van der Waals surface area contributed by atoms with Crippen LogP contribution in [0.3, 0.4) is 0 Å². The first-order valence-electron chi connectivity index (χ1n) is 7.13. The number of nitro benzene ring substituents is 1. The number of carbonyl (C=O) groups is 1. The lowest BCUT2D eigenvalue weighted by molar-refractivity contribution is -0.384. The van der Waals surface area contributed by atoms with Gasteiger partial charge in [0.25, 0.3) is 5.69 Å². The summed E-state index contributed by atoms with van der Waals surface area (Å²) in [4.78, 5) is 31.3. The number of ether oxygens (including phenoxy) is 1. The van der Waals surface area contributed by atoms with Crippen LogP contribution in [0.4, 0.5) is 17.2 Å². The molecule has 1 aromatic carbocycles. The van der Waals surface area contributed by atoms with E-state index in [1.165, 1.54) is 23.5 Å². The van der Waals surface area contributed by atoms with Crippen molar-refractivity contribution in [3.63, 3.8) is 0 Å². The van der Waals surface area contributed by atoms with Gasteiger partial charge in [0.1, 0.15) is 10.6 Å². The minimum Gasteiger partial charge on any atom is -0.462 e. The van der Waals surface area contributed by atoms with Gasteiger partial charge in [0.2, 0.25) is 5.28 Å². The number of anilines is 2. The van der Waals surface area contributed by atoms with Gasteiger partial charge in [0, 0.05) is 23.2 Å². The Kier molecular flexibility index (Phi) is 4.77. The maximum atomic E-state index is 12.1. The van der Waals surface area contributed by atoms with Gasteiger partial charge in [0.05, 0.1) is 22.5 Å². The first-order chi connectivity index (χ1) is 12.0. The Morgan fingerprint density at radius 3 is 2.96 bits per heavy atom. The number of esters is 1. The molecule has 1 N–H and O–H groups in total.